The molecule has 6 nitrogen and oxygen atoms in total. The zero-order valence-corrected chi connectivity index (χ0v) is 10.4. The third-order valence-corrected chi connectivity index (χ3v) is 4.27. The highest BCUT2D eigenvalue weighted by molar-refractivity contribution is 7.91. The first-order chi connectivity index (χ1) is 7.38. The number of H-pyrrole nitrogens is 1. The van der Waals surface area contributed by atoms with Gasteiger partial charge in [0.25, 0.3) is 0 Å². The average Bonchev–Trinajstić information content (AvgIpc) is 2.45. The number of rotatable bonds is 5. The molecular formula is C9H17N3O3S. The molecule has 1 unspecified atom stereocenters. The van der Waals surface area contributed by atoms with Crippen molar-refractivity contribution in [3.63, 3.8) is 0 Å². The van der Waals surface area contributed by atoms with Gasteiger partial charge in [0.05, 0.1) is 23.2 Å². The van der Waals surface area contributed by atoms with Crippen LogP contribution in [0.3, 0.4) is 0 Å². The molecular weight excluding hydrogens is 230 g/mol. The first kappa shape index (κ1) is 13.1. The number of hydrogen-bond donors (Lipinski definition) is 3. The van der Waals surface area contributed by atoms with Crippen LogP contribution >= 0.6 is 0 Å². The predicted molar refractivity (Wildman–Crippen MR) is 60.0 cm³/mol. The van der Waals surface area contributed by atoms with Gasteiger partial charge in [-0.2, -0.15) is 5.10 Å². The number of aromatic amines is 1. The smallest absolute Gasteiger partial charge is 0.184 e. The van der Waals surface area contributed by atoms with E-state index < -0.39 is 15.9 Å². The third-order valence-electron chi connectivity index (χ3n) is 2.22. The summed E-state index contributed by atoms with van der Waals surface area (Å²) < 4.78 is 23.9. The molecule has 0 aliphatic carbocycles. The van der Waals surface area contributed by atoms with Gasteiger partial charge in [-0.3, -0.25) is 5.10 Å². The highest BCUT2D eigenvalue weighted by atomic mass is 32.2. The van der Waals surface area contributed by atoms with Crippen molar-refractivity contribution in [2.24, 2.45) is 0 Å². The Labute approximate surface area is 95.0 Å². The minimum Gasteiger partial charge on any atom is -0.391 e. The Hall–Kier alpha value is -0.920. The lowest BCUT2D eigenvalue weighted by Gasteiger charge is -2.10. The number of aryl methyl sites for hydroxylation is 2. The highest BCUT2D eigenvalue weighted by Gasteiger charge is 2.25. The second kappa shape index (κ2) is 4.94. The maximum atomic E-state index is 12.0. The molecule has 0 fully saturated rings. The fourth-order valence-corrected chi connectivity index (χ4v) is 3.43. The molecule has 0 spiro atoms. The Kier molecular flexibility index (Phi) is 4.06. The zero-order valence-electron chi connectivity index (χ0n) is 9.61. The van der Waals surface area contributed by atoms with E-state index in [0.29, 0.717) is 11.4 Å². The van der Waals surface area contributed by atoms with E-state index in [1.807, 2.05) is 0 Å². The van der Waals surface area contributed by atoms with Crippen LogP contribution in [0.1, 0.15) is 11.4 Å². The number of nitrogens with one attached hydrogen (secondary N) is 2. The van der Waals surface area contributed by atoms with Gasteiger partial charge in [0, 0.05) is 6.54 Å². The van der Waals surface area contributed by atoms with Crippen LogP contribution in [0.25, 0.3) is 0 Å². The number of aliphatic hydroxyl groups is 1. The monoisotopic (exact) mass is 247 g/mol. The normalized spacial score (nSPS) is 14.0. The third kappa shape index (κ3) is 2.81. The van der Waals surface area contributed by atoms with Crippen molar-refractivity contribution in [3.8, 4) is 0 Å². The van der Waals surface area contributed by atoms with Crippen molar-refractivity contribution in [2.75, 3.05) is 19.3 Å². The maximum Gasteiger partial charge on any atom is 0.184 e. The summed E-state index contributed by atoms with van der Waals surface area (Å²) in [4.78, 5) is 0.197. The summed E-state index contributed by atoms with van der Waals surface area (Å²) >= 11 is 0. The van der Waals surface area contributed by atoms with Gasteiger partial charge in [-0.1, -0.05) is 0 Å². The van der Waals surface area contributed by atoms with Gasteiger partial charge in [0.15, 0.2) is 9.84 Å². The Balaban J connectivity index is 2.95. The summed E-state index contributed by atoms with van der Waals surface area (Å²) in [6, 6.07) is 0. The van der Waals surface area contributed by atoms with E-state index >= 15 is 0 Å². The van der Waals surface area contributed by atoms with Gasteiger partial charge in [0.1, 0.15) is 4.90 Å². The molecule has 3 N–H and O–H groups in total. The van der Waals surface area contributed by atoms with Crippen molar-refractivity contribution in [3.05, 3.63) is 11.4 Å². The summed E-state index contributed by atoms with van der Waals surface area (Å²) in [6.45, 7) is 3.52. The van der Waals surface area contributed by atoms with Gasteiger partial charge >= 0.3 is 0 Å². The Morgan fingerprint density at radius 3 is 2.56 bits per heavy atom. The van der Waals surface area contributed by atoms with E-state index in [9.17, 15) is 13.5 Å². The molecule has 1 rings (SSSR count). The topological polar surface area (TPSA) is 95.1 Å². The molecule has 1 aromatic rings. The second-order valence-electron chi connectivity index (χ2n) is 3.76. The quantitative estimate of drug-likeness (QED) is 0.644. The number of nitrogens with zero attached hydrogens (tertiary/aromatic N) is 1. The number of hydrogen-bond acceptors (Lipinski definition) is 5. The predicted octanol–water partition coefficient (Wildman–Crippen LogP) is -0.619. The molecule has 0 aliphatic rings. The van der Waals surface area contributed by atoms with E-state index in [4.69, 9.17) is 0 Å². The second-order valence-corrected chi connectivity index (χ2v) is 5.73. The van der Waals surface area contributed by atoms with Crippen molar-refractivity contribution in [1.82, 2.24) is 15.5 Å². The number of aliphatic hydroxyl groups excluding tert-OH is 1. The summed E-state index contributed by atoms with van der Waals surface area (Å²) in [5.74, 6) is -0.297. The van der Waals surface area contributed by atoms with E-state index in [-0.39, 0.29) is 17.2 Å². The number of likely N-dealkylation sites (N-methyl/N-ethyl adjacent to an activating group) is 1. The van der Waals surface area contributed by atoms with E-state index in [1.54, 1.807) is 20.9 Å². The van der Waals surface area contributed by atoms with E-state index in [2.05, 4.69) is 15.5 Å². The van der Waals surface area contributed by atoms with Crippen molar-refractivity contribution in [1.29, 1.82) is 0 Å². The molecule has 1 atom stereocenters. The molecule has 0 amide bonds. The number of aromatic nitrogens is 2. The van der Waals surface area contributed by atoms with Crippen LogP contribution in [0, 0.1) is 13.8 Å². The zero-order chi connectivity index (χ0) is 12.3. The molecule has 0 radical (unpaired) electrons. The molecule has 1 aromatic heterocycles. The van der Waals surface area contributed by atoms with Crippen molar-refractivity contribution >= 4 is 9.84 Å². The van der Waals surface area contributed by atoms with Crippen LogP contribution in [-0.2, 0) is 9.84 Å². The Morgan fingerprint density at radius 1 is 1.50 bits per heavy atom. The molecule has 92 valence electrons. The van der Waals surface area contributed by atoms with Gasteiger partial charge in [0.2, 0.25) is 0 Å². The van der Waals surface area contributed by atoms with Gasteiger partial charge < -0.3 is 10.4 Å². The van der Waals surface area contributed by atoms with Gasteiger partial charge in [-0.25, -0.2) is 8.42 Å². The van der Waals surface area contributed by atoms with Crippen LogP contribution in [-0.4, -0.2) is 49.2 Å². The molecule has 0 bridgehead atoms. The van der Waals surface area contributed by atoms with Crippen LogP contribution in [0.4, 0.5) is 0 Å². The fourth-order valence-electron chi connectivity index (χ4n) is 1.63. The van der Waals surface area contributed by atoms with Crippen LogP contribution in [0.15, 0.2) is 4.90 Å². The molecule has 0 saturated carbocycles. The summed E-state index contributed by atoms with van der Waals surface area (Å²) in [7, 11) is -1.83. The summed E-state index contributed by atoms with van der Waals surface area (Å²) in [5, 5.41) is 18.7. The Bertz CT molecular complexity index is 433. The number of sulfone groups is 1. The molecule has 0 aromatic carbocycles. The van der Waals surface area contributed by atoms with Gasteiger partial charge in [-0.15, -0.1) is 0 Å². The standard InChI is InChI=1S/C9H17N3O3S/c1-6-9(7(2)12-11-6)16(14,15)5-8(13)4-10-3/h8,10,13H,4-5H2,1-3H3,(H,11,12). The minimum absolute atomic E-state index is 0.197. The molecule has 0 saturated heterocycles. The largest absolute Gasteiger partial charge is 0.391 e. The van der Waals surface area contributed by atoms with Crippen LogP contribution in [0.5, 0.6) is 0 Å². The maximum absolute atomic E-state index is 12.0. The van der Waals surface area contributed by atoms with E-state index in [0.717, 1.165) is 0 Å². The first-order valence-corrected chi connectivity index (χ1v) is 6.60. The first-order valence-electron chi connectivity index (χ1n) is 4.95. The SMILES string of the molecule is CNCC(O)CS(=O)(=O)c1c(C)n[nH]c1C. The molecule has 7 heteroatoms. The molecule has 0 aliphatic heterocycles. The minimum atomic E-state index is -3.48. The summed E-state index contributed by atoms with van der Waals surface area (Å²) in [6.07, 6.45) is -0.913. The fraction of sp³-hybridized carbons (Fsp3) is 0.667. The molecule has 16 heavy (non-hydrogen) atoms. The van der Waals surface area contributed by atoms with Gasteiger partial charge in [-0.05, 0) is 20.9 Å². The van der Waals surface area contributed by atoms with Crippen molar-refractivity contribution < 1.29 is 13.5 Å². The van der Waals surface area contributed by atoms with Crippen LogP contribution < -0.4 is 5.32 Å². The van der Waals surface area contributed by atoms with Crippen molar-refractivity contribution in [2.45, 2.75) is 24.8 Å². The van der Waals surface area contributed by atoms with E-state index in [1.165, 1.54) is 0 Å². The molecule has 1 heterocycles. The van der Waals surface area contributed by atoms with Crippen LogP contribution in [0.2, 0.25) is 0 Å². The lowest BCUT2D eigenvalue weighted by Crippen LogP contribution is -2.30. The highest BCUT2D eigenvalue weighted by Crippen LogP contribution is 2.18. The lowest BCUT2D eigenvalue weighted by atomic mass is 10.4. The average molecular weight is 247 g/mol. The summed E-state index contributed by atoms with van der Waals surface area (Å²) in [5.41, 5.74) is 0.948. The lowest BCUT2D eigenvalue weighted by molar-refractivity contribution is 0.196. The Morgan fingerprint density at radius 2 is 2.12 bits per heavy atom.